The minimum atomic E-state index is -0.794. The van der Waals surface area contributed by atoms with Gasteiger partial charge in [0.25, 0.3) is 0 Å². The fourth-order valence-corrected chi connectivity index (χ4v) is 2.98. The van der Waals surface area contributed by atoms with Gasteiger partial charge in [0.2, 0.25) is 0 Å². The van der Waals surface area contributed by atoms with Crippen LogP contribution in [0.25, 0.3) is 0 Å². The van der Waals surface area contributed by atoms with Crippen molar-refractivity contribution in [1.29, 1.82) is 0 Å². The van der Waals surface area contributed by atoms with E-state index < -0.39 is 17.3 Å². The number of fused-ring (bicyclic) bond motifs is 1. The summed E-state index contributed by atoms with van der Waals surface area (Å²) in [6.07, 6.45) is 1.02. The van der Waals surface area contributed by atoms with Crippen molar-refractivity contribution in [2.45, 2.75) is 64.2 Å². The molecule has 0 aromatic heterocycles. The van der Waals surface area contributed by atoms with Crippen LogP contribution < -0.4 is 16.2 Å². The van der Waals surface area contributed by atoms with E-state index in [1.165, 1.54) is 12.1 Å². The van der Waals surface area contributed by atoms with Crippen molar-refractivity contribution in [2.24, 2.45) is 11.5 Å². The fraction of sp³-hybridized carbons (Fsp3) is 0.588. The van der Waals surface area contributed by atoms with E-state index in [-0.39, 0.29) is 11.9 Å². The van der Waals surface area contributed by atoms with Gasteiger partial charge in [-0.05, 0) is 52.7 Å². The number of benzene rings is 1. The molecule has 4 N–H and O–H groups in total. The van der Waals surface area contributed by atoms with Gasteiger partial charge in [-0.25, -0.2) is 9.18 Å². The Hall–Kier alpha value is -1.82. The maximum absolute atomic E-state index is 13.8. The van der Waals surface area contributed by atoms with E-state index in [4.69, 9.17) is 20.9 Å². The number of halogens is 1. The van der Waals surface area contributed by atoms with E-state index in [0.717, 1.165) is 5.56 Å². The Labute approximate surface area is 136 Å². The predicted molar refractivity (Wildman–Crippen MR) is 85.7 cm³/mol. The first-order valence-corrected chi connectivity index (χ1v) is 7.77. The molecule has 0 saturated heterocycles. The van der Waals surface area contributed by atoms with Gasteiger partial charge in [0, 0.05) is 23.6 Å². The zero-order chi connectivity index (χ0) is 17.4. The molecule has 1 aliphatic rings. The first-order chi connectivity index (χ1) is 10.5. The Morgan fingerprint density at radius 3 is 2.74 bits per heavy atom. The lowest BCUT2D eigenvalue weighted by Gasteiger charge is -2.30. The molecule has 2 atom stereocenters. The molecule has 0 aliphatic carbocycles. The summed E-state index contributed by atoms with van der Waals surface area (Å²) in [5, 5.41) is 0. The molecule has 1 amide bonds. The average Bonchev–Trinajstić information content (AvgIpc) is 2.71. The Balaban J connectivity index is 2.14. The minimum absolute atomic E-state index is 0.304. The zero-order valence-electron chi connectivity index (χ0n) is 14.1. The minimum Gasteiger partial charge on any atom is -0.487 e. The number of nitrogens with two attached hydrogens (primary N) is 2. The average molecular weight is 324 g/mol. The molecule has 5 nitrogen and oxygen atoms in total. The number of amides is 1. The highest BCUT2D eigenvalue weighted by molar-refractivity contribution is 5.65. The second kappa shape index (κ2) is 6.00. The topological polar surface area (TPSA) is 87.6 Å². The van der Waals surface area contributed by atoms with E-state index in [1.54, 1.807) is 20.8 Å². The summed E-state index contributed by atoms with van der Waals surface area (Å²) < 4.78 is 25.0. The standard InChI is InChI=1S/C17H25FN2O3/c1-10(19)13-8-12(18)7-11-9-17(4,22-14(11)13)6-5-16(2,3)23-15(20)21/h7-8,10H,5-6,9,19H2,1-4H3,(H2,20,21)/t10-,17-/m1/s1. The van der Waals surface area contributed by atoms with Crippen LogP contribution in [0.5, 0.6) is 5.75 Å². The Bertz CT molecular complexity index is 616. The number of rotatable bonds is 5. The lowest BCUT2D eigenvalue weighted by atomic mass is 9.89. The Morgan fingerprint density at radius 2 is 2.17 bits per heavy atom. The van der Waals surface area contributed by atoms with Crippen molar-refractivity contribution in [3.05, 3.63) is 29.1 Å². The second-order valence-electron chi connectivity index (χ2n) is 7.18. The van der Waals surface area contributed by atoms with E-state index in [9.17, 15) is 9.18 Å². The molecule has 1 heterocycles. The molecular formula is C17H25FN2O3. The van der Waals surface area contributed by atoms with Crippen molar-refractivity contribution in [3.8, 4) is 5.75 Å². The number of ether oxygens (including phenoxy) is 2. The summed E-state index contributed by atoms with van der Waals surface area (Å²) in [5.41, 5.74) is 11.3. The first-order valence-electron chi connectivity index (χ1n) is 7.77. The number of primary amides is 1. The maximum atomic E-state index is 13.8. The molecule has 0 bridgehead atoms. The van der Waals surface area contributed by atoms with Crippen LogP contribution >= 0.6 is 0 Å². The maximum Gasteiger partial charge on any atom is 0.405 e. The van der Waals surface area contributed by atoms with Crippen molar-refractivity contribution >= 4 is 6.09 Å². The van der Waals surface area contributed by atoms with Crippen LogP contribution in [-0.4, -0.2) is 17.3 Å². The van der Waals surface area contributed by atoms with Crippen molar-refractivity contribution in [3.63, 3.8) is 0 Å². The van der Waals surface area contributed by atoms with Crippen LogP contribution in [0.3, 0.4) is 0 Å². The molecule has 0 unspecified atom stereocenters. The monoisotopic (exact) mass is 324 g/mol. The quantitative estimate of drug-likeness (QED) is 0.870. The summed E-state index contributed by atoms with van der Waals surface area (Å²) in [6, 6.07) is 2.61. The molecule has 2 rings (SSSR count). The van der Waals surface area contributed by atoms with Crippen LogP contribution in [-0.2, 0) is 11.2 Å². The number of hydrogen-bond donors (Lipinski definition) is 2. The third-order valence-electron chi connectivity index (χ3n) is 4.20. The van der Waals surface area contributed by atoms with Gasteiger partial charge in [-0.3, -0.25) is 0 Å². The third-order valence-corrected chi connectivity index (χ3v) is 4.20. The summed E-state index contributed by atoms with van der Waals surface area (Å²) in [7, 11) is 0. The van der Waals surface area contributed by atoms with Crippen LogP contribution in [0.15, 0.2) is 12.1 Å². The van der Waals surface area contributed by atoms with Gasteiger partial charge < -0.3 is 20.9 Å². The second-order valence-corrected chi connectivity index (χ2v) is 7.18. The highest BCUT2D eigenvalue weighted by atomic mass is 19.1. The fourth-order valence-electron chi connectivity index (χ4n) is 2.98. The van der Waals surface area contributed by atoms with Crippen LogP contribution in [0, 0.1) is 5.82 Å². The highest BCUT2D eigenvalue weighted by Gasteiger charge is 2.38. The summed E-state index contributed by atoms with van der Waals surface area (Å²) >= 11 is 0. The number of carbonyl (C=O) groups excluding carboxylic acids is 1. The van der Waals surface area contributed by atoms with E-state index in [1.807, 2.05) is 6.92 Å². The molecule has 128 valence electrons. The lowest BCUT2D eigenvalue weighted by molar-refractivity contribution is 0.0143. The smallest absolute Gasteiger partial charge is 0.405 e. The Morgan fingerprint density at radius 1 is 1.52 bits per heavy atom. The normalized spacial score (nSPS) is 21.5. The zero-order valence-corrected chi connectivity index (χ0v) is 14.1. The SMILES string of the molecule is C[C@@H](N)c1cc(F)cc2c1O[C@](C)(CCC(C)(C)OC(N)=O)C2. The molecule has 23 heavy (non-hydrogen) atoms. The summed E-state index contributed by atoms with van der Waals surface area (Å²) in [4.78, 5) is 10.9. The predicted octanol–water partition coefficient (Wildman–Crippen LogP) is 3.19. The molecule has 6 heteroatoms. The van der Waals surface area contributed by atoms with Gasteiger partial charge in [0.05, 0.1) is 0 Å². The van der Waals surface area contributed by atoms with Gasteiger partial charge >= 0.3 is 6.09 Å². The van der Waals surface area contributed by atoms with Gasteiger partial charge in [-0.2, -0.15) is 0 Å². The van der Waals surface area contributed by atoms with Gasteiger partial charge in [-0.15, -0.1) is 0 Å². The molecular weight excluding hydrogens is 299 g/mol. The van der Waals surface area contributed by atoms with E-state index >= 15 is 0 Å². The third kappa shape index (κ3) is 4.13. The van der Waals surface area contributed by atoms with E-state index in [2.05, 4.69) is 0 Å². The molecule has 1 aromatic carbocycles. The summed E-state index contributed by atoms with van der Waals surface area (Å²) in [6.45, 7) is 7.38. The molecule has 1 aliphatic heterocycles. The lowest BCUT2D eigenvalue weighted by Crippen LogP contribution is -2.37. The molecule has 0 radical (unpaired) electrons. The van der Waals surface area contributed by atoms with E-state index in [0.29, 0.717) is 30.6 Å². The Kier molecular flexibility index (Phi) is 4.57. The number of carbonyl (C=O) groups is 1. The van der Waals surface area contributed by atoms with Crippen molar-refractivity contribution in [2.75, 3.05) is 0 Å². The van der Waals surface area contributed by atoms with Crippen LogP contribution in [0.2, 0.25) is 0 Å². The van der Waals surface area contributed by atoms with Crippen molar-refractivity contribution < 1.29 is 18.7 Å². The largest absolute Gasteiger partial charge is 0.487 e. The van der Waals surface area contributed by atoms with Gasteiger partial charge in [0.1, 0.15) is 22.8 Å². The molecule has 0 spiro atoms. The first kappa shape index (κ1) is 17.5. The highest BCUT2D eigenvalue weighted by Crippen LogP contribution is 2.42. The molecule has 1 aromatic rings. The number of hydrogen-bond acceptors (Lipinski definition) is 4. The summed E-state index contributed by atoms with van der Waals surface area (Å²) in [5.74, 6) is 0.374. The van der Waals surface area contributed by atoms with Crippen LogP contribution in [0.1, 0.15) is 57.7 Å². The molecule has 0 fully saturated rings. The van der Waals surface area contributed by atoms with Gasteiger partial charge in [-0.1, -0.05) is 0 Å². The van der Waals surface area contributed by atoms with Gasteiger partial charge in [0.15, 0.2) is 0 Å². The molecule has 0 saturated carbocycles. The van der Waals surface area contributed by atoms with Crippen molar-refractivity contribution in [1.82, 2.24) is 0 Å². The van der Waals surface area contributed by atoms with Crippen LogP contribution in [0.4, 0.5) is 9.18 Å².